The van der Waals surface area contributed by atoms with Gasteiger partial charge in [-0.3, -0.25) is 4.79 Å². The lowest BCUT2D eigenvalue weighted by Gasteiger charge is -2.26. The summed E-state index contributed by atoms with van der Waals surface area (Å²) in [6.07, 6.45) is 0. The molecule has 26 heavy (non-hydrogen) atoms. The van der Waals surface area contributed by atoms with Gasteiger partial charge in [0, 0.05) is 22.9 Å². The second-order valence-electron chi connectivity index (χ2n) is 6.47. The molecule has 130 valence electrons. The van der Waals surface area contributed by atoms with Gasteiger partial charge in [0.25, 0.3) is 0 Å². The van der Waals surface area contributed by atoms with Gasteiger partial charge in [-0.15, -0.1) is 0 Å². The number of hydrogen-bond donors (Lipinski definition) is 1. The molecule has 4 heteroatoms. The van der Waals surface area contributed by atoms with Crippen LogP contribution in [0.25, 0.3) is 0 Å². The largest absolute Gasteiger partial charge is 0.377 e. The van der Waals surface area contributed by atoms with Gasteiger partial charge in [-0.05, 0) is 41.5 Å². The summed E-state index contributed by atoms with van der Waals surface area (Å²) in [7, 11) is 1.85. The van der Waals surface area contributed by atoms with Crippen molar-refractivity contribution in [2.75, 3.05) is 17.3 Å². The van der Waals surface area contributed by atoms with Crippen LogP contribution in [-0.4, -0.2) is 13.0 Å². The molecule has 0 radical (unpaired) electrons. The molecule has 1 heterocycles. The highest BCUT2D eigenvalue weighted by Gasteiger charge is 2.40. The van der Waals surface area contributed by atoms with Gasteiger partial charge in [-0.2, -0.15) is 0 Å². The Morgan fingerprint density at radius 2 is 1.58 bits per heavy atom. The lowest BCUT2D eigenvalue weighted by molar-refractivity contribution is -0.119. The molecule has 4 rings (SSSR count). The Morgan fingerprint density at radius 1 is 0.923 bits per heavy atom. The van der Waals surface area contributed by atoms with Gasteiger partial charge < -0.3 is 10.2 Å². The van der Waals surface area contributed by atoms with E-state index in [0.29, 0.717) is 0 Å². The van der Waals surface area contributed by atoms with E-state index in [9.17, 15) is 4.79 Å². The first kappa shape index (κ1) is 16.9. The van der Waals surface area contributed by atoms with Gasteiger partial charge in [0.05, 0.1) is 12.0 Å². The molecule has 3 nitrogen and oxygen atoms in total. The maximum atomic E-state index is 13.1. The summed E-state index contributed by atoms with van der Waals surface area (Å²) in [5.74, 6) is -0.153. The lowest BCUT2D eigenvalue weighted by atomic mass is 9.87. The quantitative estimate of drug-likeness (QED) is 0.631. The van der Waals surface area contributed by atoms with Crippen LogP contribution in [0.1, 0.15) is 23.1 Å². The maximum absolute atomic E-state index is 13.1. The fourth-order valence-electron chi connectivity index (χ4n) is 3.58. The van der Waals surface area contributed by atoms with Gasteiger partial charge in [-0.1, -0.05) is 64.5 Å². The van der Waals surface area contributed by atoms with E-state index in [1.807, 2.05) is 67.7 Å². The van der Waals surface area contributed by atoms with Crippen molar-refractivity contribution in [2.45, 2.75) is 12.0 Å². The zero-order valence-corrected chi connectivity index (χ0v) is 16.0. The summed E-state index contributed by atoms with van der Waals surface area (Å²) < 4.78 is 1.02. The first-order chi connectivity index (χ1) is 12.6. The zero-order valence-electron chi connectivity index (χ0n) is 14.4. The van der Waals surface area contributed by atoms with Crippen molar-refractivity contribution in [3.05, 3.63) is 94.5 Å². The molecular formula is C22H19BrN2O. The molecule has 0 fully saturated rings. The van der Waals surface area contributed by atoms with Crippen LogP contribution in [0.15, 0.2) is 83.3 Å². The number of carbonyl (C=O) groups is 1. The SMILES string of the molecule is CN1C(=O)[C@@H]([C@@H](Nc2ccccc2)c2ccc(Br)cc2)c2ccccc21. The highest BCUT2D eigenvalue weighted by Crippen LogP contribution is 2.44. The van der Waals surface area contributed by atoms with Crippen molar-refractivity contribution in [1.29, 1.82) is 0 Å². The smallest absolute Gasteiger partial charge is 0.236 e. The van der Waals surface area contributed by atoms with Crippen molar-refractivity contribution >= 4 is 33.2 Å². The number of benzene rings is 3. The molecule has 0 unspecified atom stereocenters. The van der Waals surface area contributed by atoms with Crippen LogP contribution in [-0.2, 0) is 4.79 Å². The molecule has 3 aromatic rings. The van der Waals surface area contributed by atoms with E-state index < -0.39 is 0 Å². The van der Waals surface area contributed by atoms with Crippen LogP contribution in [0.3, 0.4) is 0 Å². The molecule has 2 atom stereocenters. The minimum Gasteiger partial charge on any atom is -0.377 e. The van der Waals surface area contributed by atoms with Crippen LogP contribution in [0.5, 0.6) is 0 Å². The monoisotopic (exact) mass is 406 g/mol. The predicted molar refractivity (Wildman–Crippen MR) is 110 cm³/mol. The van der Waals surface area contributed by atoms with E-state index in [-0.39, 0.29) is 17.9 Å². The van der Waals surface area contributed by atoms with Gasteiger partial charge in [0.15, 0.2) is 0 Å². The van der Waals surface area contributed by atoms with E-state index in [1.54, 1.807) is 4.90 Å². The molecule has 1 aliphatic heterocycles. The number of nitrogens with one attached hydrogen (secondary N) is 1. The van der Waals surface area contributed by atoms with Gasteiger partial charge in [0.2, 0.25) is 5.91 Å². The Balaban J connectivity index is 1.80. The number of amides is 1. The summed E-state index contributed by atoms with van der Waals surface area (Å²) >= 11 is 3.50. The standard InChI is InChI=1S/C22H19BrN2O/c1-25-19-10-6-5-9-18(19)20(22(25)26)21(15-11-13-16(23)14-12-15)24-17-7-3-2-4-8-17/h2-14,20-21,24H,1H3/t20-,21+/m1/s1. The molecule has 0 aliphatic carbocycles. The molecule has 1 N–H and O–H groups in total. The molecule has 0 bridgehead atoms. The van der Waals surface area contributed by atoms with Crippen molar-refractivity contribution in [2.24, 2.45) is 0 Å². The highest BCUT2D eigenvalue weighted by atomic mass is 79.9. The Kier molecular flexibility index (Phi) is 4.51. The average Bonchev–Trinajstić information content (AvgIpc) is 2.93. The third kappa shape index (κ3) is 3.01. The lowest BCUT2D eigenvalue weighted by Crippen LogP contribution is -2.30. The van der Waals surface area contributed by atoms with Crippen molar-refractivity contribution in [3.63, 3.8) is 0 Å². The van der Waals surface area contributed by atoms with E-state index in [0.717, 1.165) is 27.0 Å². The average molecular weight is 407 g/mol. The number of nitrogens with zero attached hydrogens (tertiary/aromatic N) is 1. The second-order valence-corrected chi connectivity index (χ2v) is 7.39. The van der Waals surface area contributed by atoms with Crippen LogP contribution in [0, 0.1) is 0 Å². The van der Waals surface area contributed by atoms with Crippen LogP contribution in [0.4, 0.5) is 11.4 Å². The fourth-order valence-corrected chi connectivity index (χ4v) is 3.85. The van der Waals surface area contributed by atoms with Crippen molar-refractivity contribution in [1.82, 2.24) is 0 Å². The predicted octanol–water partition coefficient (Wildman–Crippen LogP) is 5.36. The number of anilines is 2. The van der Waals surface area contributed by atoms with E-state index in [4.69, 9.17) is 0 Å². The van der Waals surface area contributed by atoms with Crippen LogP contribution < -0.4 is 10.2 Å². The van der Waals surface area contributed by atoms with Crippen molar-refractivity contribution in [3.8, 4) is 0 Å². The van der Waals surface area contributed by atoms with E-state index in [1.165, 1.54) is 0 Å². The number of carbonyl (C=O) groups excluding carboxylic acids is 1. The Labute approximate surface area is 161 Å². The number of rotatable bonds is 4. The normalized spacial score (nSPS) is 17.1. The minimum atomic E-state index is -0.266. The first-order valence-corrected chi connectivity index (χ1v) is 9.38. The Bertz CT molecular complexity index is 924. The molecule has 1 amide bonds. The maximum Gasteiger partial charge on any atom is 0.236 e. The Morgan fingerprint density at radius 3 is 2.31 bits per heavy atom. The van der Waals surface area contributed by atoms with Gasteiger partial charge in [-0.25, -0.2) is 0 Å². The summed E-state index contributed by atoms with van der Waals surface area (Å²) in [5.41, 5.74) is 4.14. The topological polar surface area (TPSA) is 32.3 Å². The van der Waals surface area contributed by atoms with E-state index in [2.05, 4.69) is 39.4 Å². The van der Waals surface area contributed by atoms with Crippen LogP contribution in [0.2, 0.25) is 0 Å². The first-order valence-electron chi connectivity index (χ1n) is 8.58. The number of para-hydroxylation sites is 2. The van der Waals surface area contributed by atoms with Crippen molar-refractivity contribution < 1.29 is 4.79 Å². The third-order valence-corrected chi connectivity index (χ3v) is 5.42. The summed E-state index contributed by atoms with van der Waals surface area (Å²) in [6.45, 7) is 0. The zero-order chi connectivity index (χ0) is 18.1. The molecule has 0 spiro atoms. The molecule has 3 aromatic carbocycles. The molecular weight excluding hydrogens is 388 g/mol. The number of likely N-dealkylation sites (N-methyl/N-ethyl adjacent to an activating group) is 1. The molecule has 0 saturated heterocycles. The molecule has 0 saturated carbocycles. The third-order valence-electron chi connectivity index (χ3n) is 4.89. The number of halogens is 1. The minimum absolute atomic E-state index is 0.113. The fraction of sp³-hybridized carbons (Fsp3) is 0.136. The molecule has 0 aromatic heterocycles. The summed E-state index contributed by atoms with van der Waals surface area (Å²) in [5, 5.41) is 3.59. The summed E-state index contributed by atoms with van der Waals surface area (Å²) in [4.78, 5) is 14.9. The Hall–Kier alpha value is -2.59. The van der Waals surface area contributed by atoms with Gasteiger partial charge >= 0.3 is 0 Å². The second kappa shape index (κ2) is 6.96. The van der Waals surface area contributed by atoms with Crippen LogP contribution >= 0.6 is 15.9 Å². The number of hydrogen-bond acceptors (Lipinski definition) is 2. The molecule has 1 aliphatic rings. The van der Waals surface area contributed by atoms with Gasteiger partial charge in [0.1, 0.15) is 0 Å². The number of fused-ring (bicyclic) bond motifs is 1. The highest BCUT2D eigenvalue weighted by molar-refractivity contribution is 9.10. The summed E-state index contributed by atoms with van der Waals surface area (Å²) in [6, 6.07) is 26.1. The van der Waals surface area contributed by atoms with E-state index >= 15 is 0 Å².